The standard InChI is InChI=1S/C21H26F3N5O5/c1-3-14-18(19(30)34-4-2)15(26-20(31)25-14)12-27-7-9-28(10-8-27)16-6-5-13(21(22,23)24)11-17(16)29(32)33/h5-6,11,14H,3-4,7-10,12H2,1-2H3,(H2,25,26,31). The molecule has 13 heteroatoms. The van der Waals surface area contributed by atoms with E-state index in [0.717, 1.165) is 12.1 Å². The lowest BCUT2D eigenvalue weighted by Gasteiger charge is -2.37. The van der Waals surface area contributed by atoms with Crippen LogP contribution in [-0.2, 0) is 15.7 Å². The molecule has 1 atom stereocenters. The maximum absolute atomic E-state index is 13.0. The molecule has 1 unspecified atom stereocenters. The Morgan fingerprint density at radius 1 is 1.24 bits per heavy atom. The Morgan fingerprint density at radius 2 is 1.91 bits per heavy atom. The first-order valence-electron chi connectivity index (χ1n) is 10.9. The predicted molar refractivity (Wildman–Crippen MR) is 116 cm³/mol. The average molecular weight is 485 g/mol. The number of hydrogen-bond acceptors (Lipinski definition) is 7. The molecule has 2 aliphatic heterocycles. The van der Waals surface area contributed by atoms with Crippen LogP contribution >= 0.6 is 0 Å². The van der Waals surface area contributed by atoms with E-state index in [2.05, 4.69) is 10.6 Å². The summed E-state index contributed by atoms with van der Waals surface area (Å²) in [5.41, 5.74) is -0.780. The number of nitro groups is 1. The fourth-order valence-electron chi connectivity index (χ4n) is 4.07. The molecule has 3 rings (SSSR count). The average Bonchev–Trinajstić information content (AvgIpc) is 2.78. The third-order valence-corrected chi connectivity index (χ3v) is 5.74. The zero-order chi connectivity index (χ0) is 25.0. The van der Waals surface area contributed by atoms with Crippen LogP contribution in [0.15, 0.2) is 29.5 Å². The summed E-state index contributed by atoms with van der Waals surface area (Å²) in [6.07, 6.45) is -4.18. The highest BCUT2D eigenvalue weighted by Gasteiger charge is 2.35. The number of hydrogen-bond donors (Lipinski definition) is 2. The van der Waals surface area contributed by atoms with E-state index in [0.29, 0.717) is 49.9 Å². The van der Waals surface area contributed by atoms with Crippen molar-refractivity contribution in [2.24, 2.45) is 0 Å². The second kappa shape index (κ2) is 10.3. The molecular weight excluding hydrogens is 459 g/mol. The number of nitrogens with zero attached hydrogens (tertiary/aromatic N) is 3. The molecule has 0 aliphatic carbocycles. The number of anilines is 1. The van der Waals surface area contributed by atoms with Gasteiger partial charge in [0.05, 0.1) is 28.7 Å². The van der Waals surface area contributed by atoms with Crippen LogP contribution in [0.2, 0.25) is 0 Å². The summed E-state index contributed by atoms with van der Waals surface area (Å²) in [6.45, 7) is 5.42. The Kier molecular flexibility index (Phi) is 7.64. The number of ether oxygens (including phenoxy) is 1. The Balaban J connectivity index is 1.76. The topological polar surface area (TPSA) is 117 Å². The van der Waals surface area contributed by atoms with Gasteiger partial charge in [-0.2, -0.15) is 13.2 Å². The number of benzene rings is 1. The predicted octanol–water partition coefficient (Wildman–Crippen LogP) is 2.64. The number of urea groups is 1. The lowest BCUT2D eigenvalue weighted by Crippen LogP contribution is -2.54. The minimum atomic E-state index is -4.68. The molecule has 2 N–H and O–H groups in total. The van der Waals surface area contributed by atoms with Crippen molar-refractivity contribution in [1.29, 1.82) is 0 Å². The van der Waals surface area contributed by atoms with E-state index in [1.165, 1.54) is 0 Å². The maximum atomic E-state index is 13.0. The number of rotatable bonds is 7. The molecule has 1 aromatic carbocycles. The first-order chi connectivity index (χ1) is 16.0. The summed E-state index contributed by atoms with van der Waals surface area (Å²) in [5, 5.41) is 16.8. The molecule has 2 aliphatic rings. The number of nitrogens with one attached hydrogen (secondary N) is 2. The third-order valence-electron chi connectivity index (χ3n) is 5.74. The van der Waals surface area contributed by atoms with E-state index in [1.807, 2.05) is 11.8 Å². The van der Waals surface area contributed by atoms with Crippen molar-refractivity contribution in [3.05, 3.63) is 45.1 Å². The Hall–Kier alpha value is -3.35. The van der Waals surface area contributed by atoms with Crippen LogP contribution in [0.4, 0.5) is 29.3 Å². The summed E-state index contributed by atoms with van der Waals surface area (Å²) >= 11 is 0. The van der Waals surface area contributed by atoms with Crippen LogP contribution in [-0.4, -0.2) is 67.2 Å². The number of alkyl halides is 3. The molecule has 1 fully saturated rings. The van der Waals surface area contributed by atoms with Crippen LogP contribution < -0.4 is 15.5 Å². The number of carbonyl (C=O) groups is 2. The maximum Gasteiger partial charge on any atom is 0.416 e. The summed E-state index contributed by atoms with van der Waals surface area (Å²) in [4.78, 5) is 38.8. The molecule has 2 amide bonds. The summed E-state index contributed by atoms with van der Waals surface area (Å²) in [7, 11) is 0. The monoisotopic (exact) mass is 485 g/mol. The van der Waals surface area contributed by atoms with Crippen molar-refractivity contribution < 1.29 is 32.4 Å². The molecule has 2 heterocycles. The second-order valence-corrected chi connectivity index (χ2v) is 7.89. The molecule has 0 aromatic heterocycles. The van der Waals surface area contributed by atoms with Crippen LogP contribution in [0.1, 0.15) is 25.8 Å². The molecule has 0 bridgehead atoms. The van der Waals surface area contributed by atoms with Gasteiger partial charge in [-0.05, 0) is 25.5 Å². The summed E-state index contributed by atoms with van der Waals surface area (Å²) in [5.74, 6) is -0.518. The van der Waals surface area contributed by atoms with Crippen molar-refractivity contribution in [1.82, 2.24) is 15.5 Å². The van der Waals surface area contributed by atoms with Gasteiger partial charge in [0.25, 0.3) is 5.69 Å². The Morgan fingerprint density at radius 3 is 2.47 bits per heavy atom. The summed E-state index contributed by atoms with van der Waals surface area (Å²) < 4.78 is 44.1. The Bertz CT molecular complexity index is 990. The molecule has 10 nitrogen and oxygen atoms in total. The SMILES string of the molecule is CCOC(=O)C1=C(CN2CCN(c3ccc(C(F)(F)F)cc3[N+](=O)[O-])CC2)NC(=O)NC1CC. The van der Waals surface area contributed by atoms with Gasteiger partial charge in [0.2, 0.25) is 0 Å². The highest BCUT2D eigenvalue weighted by molar-refractivity contribution is 5.94. The molecule has 1 aromatic rings. The number of esters is 1. The number of halogens is 3. The molecular formula is C21H26F3N5O5. The van der Waals surface area contributed by atoms with E-state index in [9.17, 15) is 32.9 Å². The second-order valence-electron chi connectivity index (χ2n) is 7.89. The van der Waals surface area contributed by atoms with Gasteiger partial charge >= 0.3 is 18.2 Å². The zero-order valence-corrected chi connectivity index (χ0v) is 18.8. The minimum Gasteiger partial charge on any atom is -0.463 e. The largest absolute Gasteiger partial charge is 0.463 e. The number of nitro benzene ring substituents is 1. The van der Waals surface area contributed by atoms with Crippen LogP contribution in [0.25, 0.3) is 0 Å². The minimum absolute atomic E-state index is 0.116. The first-order valence-corrected chi connectivity index (χ1v) is 10.9. The van der Waals surface area contributed by atoms with Gasteiger partial charge in [-0.3, -0.25) is 15.0 Å². The van der Waals surface area contributed by atoms with Crippen molar-refractivity contribution >= 4 is 23.4 Å². The molecule has 186 valence electrons. The lowest BCUT2D eigenvalue weighted by molar-refractivity contribution is -0.384. The van der Waals surface area contributed by atoms with E-state index >= 15 is 0 Å². The van der Waals surface area contributed by atoms with Crippen molar-refractivity contribution in [2.45, 2.75) is 32.5 Å². The van der Waals surface area contributed by atoms with Gasteiger partial charge in [-0.1, -0.05) is 6.92 Å². The highest BCUT2D eigenvalue weighted by Crippen LogP contribution is 2.36. The van der Waals surface area contributed by atoms with Gasteiger partial charge in [-0.25, -0.2) is 9.59 Å². The first kappa shape index (κ1) is 25.3. The molecule has 0 radical (unpaired) electrons. The van der Waals surface area contributed by atoms with E-state index in [4.69, 9.17) is 4.74 Å². The quantitative estimate of drug-likeness (QED) is 0.346. The molecule has 0 spiro atoms. The van der Waals surface area contributed by atoms with Gasteiger partial charge in [0.15, 0.2) is 0 Å². The van der Waals surface area contributed by atoms with Crippen LogP contribution in [0.5, 0.6) is 0 Å². The molecule has 1 saturated heterocycles. The van der Waals surface area contributed by atoms with Gasteiger partial charge in [0, 0.05) is 44.5 Å². The Labute approximate surface area is 193 Å². The smallest absolute Gasteiger partial charge is 0.416 e. The van der Waals surface area contributed by atoms with E-state index < -0.39 is 40.4 Å². The van der Waals surface area contributed by atoms with E-state index in [1.54, 1.807) is 11.8 Å². The summed E-state index contributed by atoms with van der Waals surface area (Å²) in [6, 6.07) is 1.60. The van der Waals surface area contributed by atoms with Gasteiger partial charge < -0.3 is 20.3 Å². The fraction of sp³-hybridized carbons (Fsp3) is 0.524. The van der Waals surface area contributed by atoms with Gasteiger partial charge in [0.1, 0.15) is 5.69 Å². The van der Waals surface area contributed by atoms with Crippen molar-refractivity contribution in [3.8, 4) is 0 Å². The number of carbonyl (C=O) groups excluding carboxylic acids is 2. The van der Waals surface area contributed by atoms with Gasteiger partial charge in [-0.15, -0.1) is 0 Å². The normalized spacial score (nSPS) is 19.5. The number of amides is 2. The third kappa shape index (κ3) is 5.58. The van der Waals surface area contributed by atoms with Crippen LogP contribution in [0.3, 0.4) is 0 Å². The fourth-order valence-corrected chi connectivity index (χ4v) is 4.07. The van der Waals surface area contributed by atoms with Crippen molar-refractivity contribution in [2.75, 3.05) is 44.2 Å². The lowest BCUT2D eigenvalue weighted by atomic mass is 10.00. The zero-order valence-electron chi connectivity index (χ0n) is 18.8. The van der Waals surface area contributed by atoms with Crippen molar-refractivity contribution in [3.63, 3.8) is 0 Å². The van der Waals surface area contributed by atoms with E-state index in [-0.39, 0.29) is 18.8 Å². The highest BCUT2D eigenvalue weighted by atomic mass is 19.4. The molecule has 0 saturated carbocycles. The van der Waals surface area contributed by atoms with Crippen LogP contribution in [0, 0.1) is 10.1 Å². The number of piperazine rings is 1. The molecule has 34 heavy (non-hydrogen) atoms.